The van der Waals surface area contributed by atoms with Gasteiger partial charge in [-0.3, -0.25) is 4.90 Å². The van der Waals surface area contributed by atoms with Crippen molar-refractivity contribution in [2.45, 2.75) is 62.9 Å². The van der Waals surface area contributed by atoms with Crippen LogP contribution in [-0.2, 0) is 0 Å². The Morgan fingerprint density at radius 2 is 1.75 bits per heavy atom. The molecule has 6 heteroatoms. The van der Waals surface area contributed by atoms with Crippen LogP contribution in [0.1, 0.15) is 56.6 Å². The molecule has 132 valence electrons. The van der Waals surface area contributed by atoms with Crippen molar-refractivity contribution in [2.75, 3.05) is 36.8 Å². The van der Waals surface area contributed by atoms with Gasteiger partial charge in [-0.1, -0.05) is 12.8 Å². The van der Waals surface area contributed by atoms with Crippen molar-refractivity contribution in [3.05, 3.63) is 11.8 Å². The number of aromatic nitrogens is 2. The van der Waals surface area contributed by atoms with E-state index in [9.17, 15) is 0 Å². The van der Waals surface area contributed by atoms with Crippen molar-refractivity contribution < 1.29 is 0 Å². The van der Waals surface area contributed by atoms with Crippen molar-refractivity contribution >= 4 is 11.8 Å². The largest absolute Gasteiger partial charge is 0.368 e. The van der Waals surface area contributed by atoms with Gasteiger partial charge < -0.3 is 16.4 Å². The van der Waals surface area contributed by atoms with Gasteiger partial charge in [0.1, 0.15) is 5.82 Å². The first-order valence-electron chi connectivity index (χ1n) is 9.58. The fourth-order valence-electron chi connectivity index (χ4n) is 4.55. The van der Waals surface area contributed by atoms with Crippen LogP contribution in [0.5, 0.6) is 0 Å². The molecule has 1 aliphatic heterocycles. The van der Waals surface area contributed by atoms with Crippen molar-refractivity contribution in [3.63, 3.8) is 0 Å². The average molecular weight is 330 g/mol. The van der Waals surface area contributed by atoms with E-state index < -0.39 is 0 Å². The van der Waals surface area contributed by atoms with Crippen LogP contribution in [0.2, 0.25) is 0 Å². The summed E-state index contributed by atoms with van der Waals surface area (Å²) in [6.07, 6.45) is 8.81. The van der Waals surface area contributed by atoms with Crippen LogP contribution in [0.4, 0.5) is 11.8 Å². The molecule has 2 aliphatic carbocycles. The Kier molecular flexibility index (Phi) is 4.59. The molecule has 1 aromatic heterocycles. The summed E-state index contributed by atoms with van der Waals surface area (Å²) in [6, 6.07) is 3.29. The maximum Gasteiger partial charge on any atom is 0.222 e. The molecule has 3 aliphatic rings. The third-order valence-electron chi connectivity index (χ3n) is 6.04. The van der Waals surface area contributed by atoms with Gasteiger partial charge in [-0.15, -0.1) is 0 Å². The highest BCUT2D eigenvalue weighted by Gasteiger charge is 2.30. The predicted octanol–water partition coefficient (Wildman–Crippen LogP) is 1.72. The number of nitrogens with zero attached hydrogens (tertiary/aromatic N) is 4. The van der Waals surface area contributed by atoms with Gasteiger partial charge in [0.25, 0.3) is 0 Å². The number of nitrogens with two attached hydrogens (primary N) is 2. The van der Waals surface area contributed by atoms with E-state index in [1.165, 1.54) is 38.6 Å². The highest BCUT2D eigenvalue weighted by atomic mass is 15.3. The van der Waals surface area contributed by atoms with E-state index in [-0.39, 0.29) is 0 Å². The molecule has 4 N–H and O–H groups in total. The standard InChI is InChI=1S/C18H30N6/c19-14-10-13(11-14)16-12-17(22-18(20)21-16)24-7-3-6-23(8-9-24)15-4-1-2-5-15/h12-15H,1-11,19H2,(H2,20,21,22). The van der Waals surface area contributed by atoms with E-state index >= 15 is 0 Å². The zero-order chi connectivity index (χ0) is 16.5. The zero-order valence-corrected chi connectivity index (χ0v) is 14.5. The smallest absolute Gasteiger partial charge is 0.222 e. The second kappa shape index (κ2) is 6.84. The molecule has 0 spiro atoms. The summed E-state index contributed by atoms with van der Waals surface area (Å²) in [7, 11) is 0. The number of hydrogen-bond acceptors (Lipinski definition) is 6. The summed E-state index contributed by atoms with van der Waals surface area (Å²) in [6.45, 7) is 4.45. The summed E-state index contributed by atoms with van der Waals surface area (Å²) in [4.78, 5) is 14.1. The van der Waals surface area contributed by atoms with Gasteiger partial charge in [-0.05, 0) is 32.1 Å². The molecule has 4 rings (SSSR count). The van der Waals surface area contributed by atoms with Gasteiger partial charge in [0.05, 0.1) is 5.69 Å². The van der Waals surface area contributed by atoms with E-state index in [1.54, 1.807) is 0 Å². The van der Waals surface area contributed by atoms with E-state index in [0.717, 1.165) is 50.0 Å². The molecular weight excluding hydrogens is 300 g/mol. The Balaban J connectivity index is 1.45. The number of hydrogen-bond donors (Lipinski definition) is 2. The first-order chi connectivity index (χ1) is 11.7. The van der Waals surface area contributed by atoms with Crippen LogP contribution in [0.3, 0.4) is 0 Å². The number of rotatable bonds is 3. The fraction of sp³-hybridized carbons (Fsp3) is 0.778. The topological polar surface area (TPSA) is 84.3 Å². The molecule has 0 atom stereocenters. The minimum absolute atomic E-state index is 0.327. The lowest BCUT2D eigenvalue weighted by molar-refractivity contribution is 0.213. The van der Waals surface area contributed by atoms with Gasteiger partial charge in [-0.2, -0.15) is 4.98 Å². The van der Waals surface area contributed by atoms with Gasteiger partial charge >= 0.3 is 0 Å². The molecule has 0 unspecified atom stereocenters. The summed E-state index contributed by atoms with van der Waals surface area (Å²) in [5.41, 5.74) is 13.0. The minimum Gasteiger partial charge on any atom is -0.368 e. The lowest BCUT2D eigenvalue weighted by atomic mass is 9.78. The van der Waals surface area contributed by atoms with Crippen LogP contribution in [-0.4, -0.2) is 53.1 Å². The maximum absolute atomic E-state index is 5.99. The summed E-state index contributed by atoms with van der Waals surface area (Å²) in [5, 5.41) is 0. The van der Waals surface area contributed by atoms with Gasteiger partial charge in [0, 0.05) is 50.2 Å². The fourth-order valence-corrected chi connectivity index (χ4v) is 4.55. The van der Waals surface area contributed by atoms with Gasteiger partial charge in [0.2, 0.25) is 5.95 Å². The molecular formula is C18H30N6. The second-order valence-electron chi connectivity index (χ2n) is 7.75. The lowest BCUT2D eigenvalue weighted by Gasteiger charge is -2.32. The van der Waals surface area contributed by atoms with E-state index in [2.05, 4.69) is 25.8 Å². The molecule has 2 heterocycles. The lowest BCUT2D eigenvalue weighted by Crippen LogP contribution is -2.37. The Bertz CT molecular complexity index is 565. The Labute approximate surface area is 144 Å². The second-order valence-corrected chi connectivity index (χ2v) is 7.75. The average Bonchev–Trinajstić information content (AvgIpc) is 2.96. The minimum atomic E-state index is 0.327. The Morgan fingerprint density at radius 3 is 2.50 bits per heavy atom. The molecule has 2 saturated carbocycles. The first-order valence-corrected chi connectivity index (χ1v) is 9.58. The van der Waals surface area contributed by atoms with Crippen LogP contribution < -0.4 is 16.4 Å². The molecule has 1 saturated heterocycles. The van der Waals surface area contributed by atoms with E-state index in [0.29, 0.717) is 17.9 Å². The first kappa shape index (κ1) is 16.1. The third kappa shape index (κ3) is 3.35. The SMILES string of the molecule is Nc1nc(C2CC(N)C2)cc(N2CCCN(C3CCCC3)CC2)n1. The molecule has 6 nitrogen and oxygen atoms in total. The molecule has 0 aromatic carbocycles. The van der Waals surface area contributed by atoms with Crippen molar-refractivity contribution in [3.8, 4) is 0 Å². The Morgan fingerprint density at radius 1 is 0.958 bits per heavy atom. The number of nitrogen functional groups attached to an aromatic ring is 1. The molecule has 0 amide bonds. The van der Waals surface area contributed by atoms with Crippen molar-refractivity contribution in [1.29, 1.82) is 0 Å². The summed E-state index contributed by atoms with van der Waals surface area (Å²) in [5.74, 6) is 1.87. The summed E-state index contributed by atoms with van der Waals surface area (Å²) < 4.78 is 0. The van der Waals surface area contributed by atoms with Crippen LogP contribution in [0, 0.1) is 0 Å². The predicted molar refractivity (Wildman–Crippen MR) is 97.1 cm³/mol. The normalized spacial score (nSPS) is 29.5. The molecule has 24 heavy (non-hydrogen) atoms. The van der Waals surface area contributed by atoms with E-state index in [4.69, 9.17) is 11.5 Å². The zero-order valence-electron chi connectivity index (χ0n) is 14.5. The Hall–Kier alpha value is -1.40. The van der Waals surface area contributed by atoms with Gasteiger partial charge in [-0.25, -0.2) is 4.98 Å². The monoisotopic (exact) mass is 330 g/mol. The number of anilines is 2. The van der Waals surface area contributed by atoms with Crippen molar-refractivity contribution in [2.24, 2.45) is 5.73 Å². The van der Waals surface area contributed by atoms with Gasteiger partial charge in [0.15, 0.2) is 0 Å². The van der Waals surface area contributed by atoms with Crippen molar-refractivity contribution in [1.82, 2.24) is 14.9 Å². The third-order valence-corrected chi connectivity index (χ3v) is 6.04. The van der Waals surface area contributed by atoms with Crippen LogP contribution in [0.25, 0.3) is 0 Å². The highest BCUT2D eigenvalue weighted by molar-refractivity contribution is 5.45. The molecule has 1 aromatic rings. The molecule has 0 radical (unpaired) electrons. The summed E-state index contributed by atoms with van der Waals surface area (Å²) >= 11 is 0. The molecule has 3 fully saturated rings. The maximum atomic E-state index is 5.99. The van der Waals surface area contributed by atoms with Crippen LogP contribution >= 0.6 is 0 Å². The van der Waals surface area contributed by atoms with E-state index in [1.807, 2.05) is 0 Å². The highest BCUT2D eigenvalue weighted by Crippen LogP contribution is 2.36. The molecule has 0 bridgehead atoms. The van der Waals surface area contributed by atoms with Crippen LogP contribution in [0.15, 0.2) is 6.07 Å². The quantitative estimate of drug-likeness (QED) is 0.878.